The fraction of sp³-hybridized carbons (Fsp3) is 0.200. The molecule has 6 aromatic rings. The van der Waals surface area contributed by atoms with Gasteiger partial charge in [-0.05, 0) is 69.9 Å². The van der Waals surface area contributed by atoms with Crippen LogP contribution in [-0.4, -0.2) is 9.97 Å². The fourth-order valence-electron chi connectivity index (χ4n) is 4.29. The molecule has 4 heterocycles. The van der Waals surface area contributed by atoms with Gasteiger partial charge in [-0.1, -0.05) is 20.8 Å². The zero-order valence-corrected chi connectivity index (χ0v) is 19.7. The molecular formula is C25H20N2S3. The minimum atomic E-state index is 0.0748. The van der Waals surface area contributed by atoms with E-state index < -0.39 is 0 Å². The molecule has 30 heavy (non-hydrogen) atoms. The van der Waals surface area contributed by atoms with E-state index in [0.29, 0.717) is 0 Å². The average molecular weight is 445 g/mol. The molecule has 0 radical (unpaired) electrons. The van der Waals surface area contributed by atoms with Gasteiger partial charge in [0.05, 0.1) is 15.9 Å². The average Bonchev–Trinajstić information content (AvgIpc) is 3.42. The predicted octanol–water partition coefficient (Wildman–Crippen LogP) is 8.55. The topological polar surface area (TPSA) is 25.8 Å². The Kier molecular flexibility index (Phi) is 3.89. The third-order valence-corrected chi connectivity index (χ3v) is 9.02. The minimum absolute atomic E-state index is 0.0748. The molecule has 0 saturated carbocycles. The van der Waals surface area contributed by atoms with E-state index >= 15 is 0 Å². The number of aromatic nitrogens is 2. The summed E-state index contributed by atoms with van der Waals surface area (Å²) in [5.74, 6) is 0. The van der Waals surface area contributed by atoms with E-state index in [0.717, 1.165) is 11.2 Å². The second-order valence-electron chi connectivity index (χ2n) is 8.85. The lowest BCUT2D eigenvalue weighted by Gasteiger charge is -2.21. The Morgan fingerprint density at radius 3 is 2.60 bits per heavy atom. The lowest BCUT2D eigenvalue weighted by molar-refractivity contribution is 0.597. The Balaban J connectivity index is 1.71. The van der Waals surface area contributed by atoms with Crippen LogP contribution < -0.4 is 0 Å². The highest BCUT2D eigenvalue weighted by molar-refractivity contribution is 7.28. The van der Waals surface area contributed by atoms with Gasteiger partial charge in [-0.25, -0.2) is 9.97 Å². The Morgan fingerprint density at radius 1 is 0.900 bits per heavy atom. The number of hydrogen-bond donors (Lipinski definition) is 0. The molecule has 0 bridgehead atoms. The minimum Gasteiger partial charge on any atom is -0.235 e. The van der Waals surface area contributed by atoms with Crippen molar-refractivity contribution >= 4 is 74.5 Å². The summed E-state index contributed by atoms with van der Waals surface area (Å²) in [5.41, 5.74) is 6.09. The molecule has 0 fully saturated rings. The van der Waals surface area contributed by atoms with E-state index in [9.17, 15) is 0 Å². The lowest BCUT2D eigenvalue weighted by Crippen LogP contribution is -2.11. The van der Waals surface area contributed by atoms with Crippen LogP contribution in [0.2, 0.25) is 0 Å². The van der Waals surface area contributed by atoms with Crippen LogP contribution in [0, 0.1) is 6.92 Å². The van der Waals surface area contributed by atoms with Crippen molar-refractivity contribution in [2.75, 3.05) is 0 Å². The van der Waals surface area contributed by atoms with Crippen molar-refractivity contribution < 1.29 is 0 Å². The first kappa shape index (κ1) is 18.4. The third-order valence-electron chi connectivity index (χ3n) is 5.77. The molecule has 0 aliphatic rings. The normalized spacial score (nSPS) is 12.7. The summed E-state index contributed by atoms with van der Waals surface area (Å²) in [7, 11) is 0. The van der Waals surface area contributed by atoms with Crippen LogP contribution in [0.5, 0.6) is 0 Å². The van der Waals surface area contributed by atoms with Gasteiger partial charge in [0.2, 0.25) is 0 Å². The largest absolute Gasteiger partial charge is 0.235 e. The second-order valence-corrected chi connectivity index (χ2v) is 11.7. The summed E-state index contributed by atoms with van der Waals surface area (Å²) < 4.78 is 5.23. The van der Waals surface area contributed by atoms with Crippen molar-refractivity contribution in [3.8, 4) is 11.3 Å². The van der Waals surface area contributed by atoms with E-state index in [1.807, 2.05) is 34.0 Å². The lowest BCUT2D eigenvalue weighted by atomic mass is 9.85. The standard InChI is InChI=1S/C25H20N2S3/c1-13-11-29-18-6-5-16-21-24(30-23(16)19(13)18)20(26-12-27-21)15-9-14-7-8-28-22(14)17(10-15)25(2,3)4/h5-12H,1-4H3. The van der Waals surface area contributed by atoms with Crippen molar-refractivity contribution in [3.05, 3.63) is 58.5 Å². The third kappa shape index (κ3) is 2.59. The summed E-state index contributed by atoms with van der Waals surface area (Å²) in [6.07, 6.45) is 1.73. The highest BCUT2D eigenvalue weighted by Gasteiger charge is 2.21. The van der Waals surface area contributed by atoms with Gasteiger partial charge in [-0.2, -0.15) is 0 Å². The Bertz CT molecular complexity index is 1590. The van der Waals surface area contributed by atoms with E-state index in [-0.39, 0.29) is 5.41 Å². The molecule has 4 aromatic heterocycles. The van der Waals surface area contributed by atoms with Crippen LogP contribution in [0.4, 0.5) is 0 Å². The monoisotopic (exact) mass is 444 g/mol. The van der Waals surface area contributed by atoms with E-state index in [2.05, 4.69) is 68.8 Å². The molecule has 2 aromatic carbocycles. The fourth-order valence-corrected chi connectivity index (χ4v) is 7.78. The number of aryl methyl sites for hydroxylation is 1. The van der Waals surface area contributed by atoms with E-state index in [1.54, 1.807) is 6.33 Å². The van der Waals surface area contributed by atoms with Gasteiger partial charge in [-0.3, -0.25) is 0 Å². The first-order valence-corrected chi connectivity index (χ1v) is 12.6. The molecule has 0 saturated heterocycles. The van der Waals surface area contributed by atoms with Crippen LogP contribution in [0.25, 0.3) is 51.7 Å². The maximum Gasteiger partial charge on any atom is 0.116 e. The van der Waals surface area contributed by atoms with Gasteiger partial charge in [-0.15, -0.1) is 34.0 Å². The number of hydrogen-bond acceptors (Lipinski definition) is 5. The summed E-state index contributed by atoms with van der Waals surface area (Å²) in [6, 6.07) is 11.3. The van der Waals surface area contributed by atoms with Crippen molar-refractivity contribution in [1.29, 1.82) is 0 Å². The molecule has 0 aliphatic carbocycles. The number of rotatable bonds is 1. The SMILES string of the molecule is Cc1csc2ccc3c4ncnc(-c5cc(C(C)(C)C)c6sccc6c5)c4sc3c12. The molecule has 6 rings (SSSR count). The zero-order valence-electron chi connectivity index (χ0n) is 17.2. The summed E-state index contributed by atoms with van der Waals surface area (Å²) in [5, 5.41) is 8.34. The van der Waals surface area contributed by atoms with Gasteiger partial charge < -0.3 is 0 Å². The smallest absolute Gasteiger partial charge is 0.116 e. The van der Waals surface area contributed by atoms with Gasteiger partial charge in [0.15, 0.2) is 0 Å². The maximum atomic E-state index is 4.78. The van der Waals surface area contributed by atoms with Crippen LogP contribution in [0.3, 0.4) is 0 Å². The first-order valence-electron chi connectivity index (χ1n) is 9.98. The molecule has 5 heteroatoms. The van der Waals surface area contributed by atoms with Gasteiger partial charge in [0, 0.05) is 30.4 Å². The molecule has 0 spiro atoms. The van der Waals surface area contributed by atoms with Crippen LogP contribution in [-0.2, 0) is 5.41 Å². The number of benzene rings is 2. The molecule has 148 valence electrons. The Morgan fingerprint density at radius 2 is 1.77 bits per heavy atom. The number of thiophene rings is 3. The highest BCUT2D eigenvalue weighted by atomic mass is 32.1. The molecular weight excluding hydrogens is 424 g/mol. The van der Waals surface area contributed by atoms with Crippen LogP contribution in [0.15, 0.2) is 47.4 Å². The second kappa shape index (κ2) is 6.33. The van der Waals surface area contributed by atoms with Gasteiger partial charge >= 0.3 is 0 Å². The molecule has 0 unspecified atom stereocenters. The van der Waals surface area contributed by atoms with Crippen LogP contribution in [0.1, 0.15) is 31.9 Å². The first-order chi connectivity index (χ1) is 14.4. The quantitative estimate of drug-likeness (QED) is 0.254. The van der Waals surface area contributed by atoms with Crippen LogP contribution >= 0.6 is 34.0 Å². The van der Waals surface area contributed by atoms with E-state index in [1.165, 1.54) is 51.6 Å². The molecule has 0 atom stereocenters. The summed E-state index contributed by atoms with van der Waals surface area (Å²) >= 11 is 5.48. The summed E-state index contributed by atoms with van der Waals surface area (Å²) in [6.45, 7) is 9.07. The number of nitrogens with zero attached hydrogens (tertiary/aromatic N) is 2. The van der Waals surface area contributed by atoms with Crippen molar-refractivity contribution in [3.63, 3.8) is 0 Å². The molecule has 0 amide bonds. The Hall–Kier alpha value is -2.34. The molecule has 2 nitrogen and oxygen atoms in total. The zero-order chi connectivity index (χ0) is 20.6. The molecule has 0 N–H and O–H groups in total. The van der Waals surface area contributed by atoms with Gasteiger partial charge in [0.25, 0.3) is 0 Å². The predicted molar refractivity (Wildman–Crippen MR) is 135 cm³/mol. The van der Waals surface area contributed by atoms with E-state index in [4.69, 9.17) is 9.97 Å². The Labute approximate surface area is 186 Å². The van der Waals surface area contributed by atoms with Crippen molar-refractivity contribution in [2.45, 2.75) is 33.1 Å². The highest BCUT2D eigenvalue weighted by Crippen LogP contribution is 2.44. The molecule has 0 aliphatic heterocycles. The maximum absolute atomic E-state index is 4.78. The van der Waals surface area contributed by atoms with Crippen molar-refractivity contribution in [1.82, 2.24) is 9.97 Å². The van der Waals surface area contributed by atoms with Gasteiger partial charge in [0.1, 0.15) is 6.33 Å². The van der Waals surface area contributed by atoms with Crippen molar-refractivity contribution in [2.24, 2.45) is 0 Å². The number of fused-ring (bicyclic) bond motifs is 6. The summed E-state index contributed by atoms with van der Waals surface area (Å²) in [4.78, 5) is 9.49.